The molecule has 0 amide bonds. The number of esters is 1. The topological polar surface area (TPSA) is 26.3 Å². The van der Waals surface area contributed by atoms with Crippen LogP contribution in [0.2, 0.25) is 0 Å². The Morgan fingerprint density at radius 2 is 2.22 bits per heavy atom. The lowest BCUT2D eigenvalue weighted by Crippen LogP contribution is -1.95. The number of methoxy groups -OCH3 is 1. The molecule has 0 heterocycles. The van der Waals surface area contributed by atoms with Gasteiger partial charge in [0.25, 0.3) is 0 Å². The Hall–Kier alpha value is -0.790. The number of ether oxygens (including phenoxy) is 1. The van der Waals surface area contributed by atoms with Gasteiger partial charge in [-0.25, -0.2) is 4.79 Å². The second kappa shape index (κ2) is 4.13. The molecular weight excluding hydrogens is 116 g/mol. The van der Waals surface area contributed by atoms with Crippen molar-refractivity contribution in [1.82, 2.24) is 0 Å². The number of allylic oxidation sites excluding steroid dienone is 1. The summed E-state index contributed by atoms with van der Waals surface area (Å²) in [5, 5.41) is 0. The highest BCUT2D eigenvalue weighted by Gasteiger charge is 1.92. The van der Waals surface area contributed by atoms with Crippen LogP contribution in [0.4, 0.5) is 0 Å². The average Bonchev–Trinajstić information content (AvgIpc) is 1.87. The summed E-state index contributed by atoms with van der Waals surface area (Å²) in [4.78, 5) is 10.5. The molecule has 0 fully saturated rings. The normalized spacial score (nSPS) is 11.2. The van der Waals surface area contributed by atoms with Gasteiger partial charge in [-0.1, -0.05) is 12.5 Å². The summed E-state index contributed by atoms with van der Waals surface area (Å²) < 4.78 is 4.41. The summed E-state index contributed by atoms with van der Waals surface area (Å²) in [5.41, 5.74) is 1.04. The van der Waals surface area contributed by atoms with Gasteiger partial charge in [0.2, 0.25) is 0 Å². The van der Waals surface area contributed by atoms with E-state index < -0.39 is 0 Å². The molecule has 2 nitrogen and oxygen atoms in total. The van der Waals surface area contributed by atoms with E-state index in [1.165, 1.54) is 13.2 Å². The van der Waals surface area contributed by atoms with Crippen LogP contribution in [0, 0.1) is 0 Å². The van der Waals surface area contributed by atoms with Gasteiger partial charge in [0.05, 0.1) is 7.11 Å². The molecule has 0 saturated carbocycles. The molecule has 0 aromatic carbocycles. The monoisotopic (exact) mass is 128 g/mol. The molecule has 0 aliphatic carbocycles. The minimum Gasteiger partial charge on any atom is -0.466 e. The molecule has 0 atom stereocenters. The fourth-order valence-corrected chi connectivity index (χ4v) is 0.362. The van der Waals surface area contributed by atoms with Crippen LogP contribution in [0.1, 0.15) is 20.3 Å². The zero-order valence-electron chi connectivity index (χ0n) is 6.10. The van der Waals surface area contributed by atoms with Crippen molar-refractivity contribution in [1.29, 1.82) is 0 Å². The van der Waals surface area contributed by atoms with E-state index >= 15 is 0 Å². The van der Waals surface area contributed by atoms with E-state index in [0.29, 0.717) is 0 Å². The van der Waals surface area contributed by atoms with Crippen molar-refractivity contribution in [2.75, 3.05) is 7.11 Å². The number of rotatable bonds is 2. The number of hydrogen-bond donors (Lipinski definition) is 0. The van der Waals surface area contributed by atoms with E-state index in [9.17, 15) is 4.79 Å². The van der Waals surface area contributed by atoms with E-state index in [1.54, 1.807) is 0 Å². The highest BCUT2D eigenvalue weighted by Crippen LogP contribution is 1.97. The zero-order valence-corrected chi connectivity index (χ0v) is 6.10. The Balaban J connectivity index is 3.79. The SMILES string of the molecule is CCC(C)=CC(=O)OC. The van der Waals surface area contributed by atoms with E-state index in [0.717, 1.165) is 12.0 Å². The Labute approximate surface area is 55.5 Å². The van der Waals surface area contributed by atoms with Crippen LogP contribution in [0.5, 0.6) is 0 Å². The van der Waals surface area contributed by atoms with E-state index in [4.69, 9.17) is 0 Å². The van der Waals surface area contributed by atoms with Crippen LogP contribution >= 0.6 is 0 Å². The predicted octanol–water partition coefficient (Wildman–Crippen LogP) is 1.52. The van der Waals surface area contributed by atoms with Crippen LogP contribution in [0.3, 0.4) is 0 Å². The number of carbonyl (C=O) groups is 1. The molecule has 0 saturated heterocycles. The molecule has 0 aliphatic rings. The first kappa shape index (κ1) is 8.21. The highest BCUT2D eigenvalue weighted by atomic mass is 16.5. The van der Waals surface area contributed by atoms with Crippen molar-refractivity contribution >= 4 is 5.97 Å². The van der Waals surface area contributed by atoms with Gasteiger partial charge >= 0.3 is 5.97 Å². The first-order valence-corrected chi connectivity index (χ1v) is 2.95. The third kappa shape index (κ3) is 3.76. The molecule has 0 aromatic heterocycles. The molecule has 0 N–H and O–H groups in total. The summed E-state index contributed by atoms with van der Waals surface area (Å²) in [5.74, 6) is -0.269. The molecular formula is C7H12O2. The summed E-state index contributed by atoms with van der Waals surface area (Å²) in [6.07, 6.45) is 2.40. The number of hydrogen-bond acceptors (Lipinski definition) is 2. The molecule has 0 unspecified atom stereocenters. The predicted molar refractivity (Wildman–Crippen MR) is 36.1 cm³/mol. The Kier molecular flexibility index (Phi) is 3.76. The van der Waals surface area contributed by atoms with Gasteiger partial charge in [-0.05, 0) is 13.3 Å². The fourth-order valence-electron chi connectivity index (χ4n) is 0.362. The first-order chi connectivity index (χ1) is 4.20. The van der Waals surface area contributed by atoms with Gasteiger partial charge in [-0.3, -0.25) is 0 Å². The molecule has 0 rings (SSSR count). The Bertz CT molecular complexity index is 125. The summed E-state index contributed by atoms with van der Waals surface area (Å²) in [6, 6.07) is 0. The quantitative estimate of drug-likeness (QED) is 0.416. The number of carbonyl (C=O) groups excluding carboxylic acids is 1. The van der Waals surface area contributed by atoms with Crippen LogP contribution in [-0.2, 0) is 9.53 Å². The van der Waals surface area contributed by atoms with Crippen LogP contribution in [0.15, 0.2) is 11.6 Å². The molecule has 9 heavy (non-hydrogen) atoms. The van der Waals surface area contributed by atoms with Gasteiger partial charge in [0, 0.05) is 6.08 Å². The zero-order chi connectivity index (χ0) is 7.28. The summed E-state index contributed by atoms with van der Waals surface area (Å²) in [7, 11) is 1.38. The lowest BCUT2D eigenvalue weighted by molar-refractivity contribution is -0.134. The Morgan fingerprint density at radius 1 is 1.67 bits per heavy atom. The van der Waals surface area contributed by atoms with Gasteiger partial charge in [-0.15, -0.1) is 0 Å². The summed E-state index contributed by atoms with van der Waals surface area (Å²) in [6.45, 7) is 3.89. The fraction of sp³-hybridized carbons (Fsp3) is 0.571. The first-order valence-electron chi connectivity index (χ1n) is 2.95. The lowest BCUT2D eigenvalue weighted by atomic mass is 10.2. The smallest absolute Gasteiger partial charge is 0.330 e. The van der Waals surface area contributed by atoms with E-state index in [2.05, 4.69) is 4.74 Å². The molecule has 0 radical (unpaired) electrons. The minimum absolute atomic E-state index is 0.269. The largest absolute Gasteiger partial charge is 0.466 e. The maximum Gasteiger partial charge on any atom is 0.330 e. The summed E-state index contributed by atoms with van der Waals surface area (Å²) >= 11 is 0. The van der Waals surface area contributed by atoms with Crippen molar-refractivity contribution in [3.63, 3.8) is 0 Å². The van der Waals surface area contributed by atoms with Crippen molar-refractivity contribution in [3.8, 4) is 0 Å². The third-order valence-corrected chi connectivity index (χ3v) is 1.12. The molecule has 0 spiro atoms. The van der Waals surface area contributed by atoms with Gasteiger partial charge in [0.1, 0.15) is 0 Å². The molecule has 2 heteroatoms. The molecule has 52 valence electrons. The van der Waals surface area contributed by atoms with Crippen molar-refractivity contribution < 1.29 is 9.53 Å². The standard InChI is InChI=1S/C7H12O2/c1-4-6(2)5-7(8)9-3/h5H,4H2,1-3H3. The van der Waals surface area contributed by atoms with Gasteiger partial charge < -0.3 is 4.74 Å². The average molecular weight is 128 g/mol. The minimum atomic E-state index is -0.269. The van der Waals surface area contributed by atoms with E-state index in [-0.39, 0.29) is 5.97 Å². The van der Waals surface area contributed by atoms with Crippen molar-refractivity contribution in [3.05, 3.63) is 11.6 Å². The van der Waals surface area contributed by atoms with Gasteiger partial charge in [-0.2, -0.15) is 0 Å². The molecule has 0 bridgehead atoms. The maximum absolute atomic E-state index is 10.5. The van der Waals surface area contributed by atoms with E-state index in [1.807, 2.05) is 13.8 Å². The second-order valence-electron chi connectivity index (χ2n) is 1.87. The maximum atomic E-state index is 10.5. The third-order valence-electron chi connectivity index (χ3n) is 1.12. The van der Waals surface area contributed by atoms with Crippen molar-refractivity contribution in [2.24, 2.45) is 0 Å². The van der Waals surface area contributed by atoms with Crippen LogP contribution in [0.25, 0.3) is 0 Å². The second-order valence-corrected chi connectivity index (χ2v) is 1.87. The molecule has 0 aromatic rings. The Morgan fingerprint density at radius 3 is 2.56 bits per heavy atom. The molecule has 0 aliphatic heterocycles. The van der Waals surface area contributed by atoms with Crippen LogP contribution in [-0.4, -0.2) is 13.1 Å². The van der Waals surface area contributed by atoms with Gasteiger partial charge in [0.15, 0.2) is 0 Å². The van der Waals surface area contributed by atoms with Crippen LogP contribution < -0.4 is 0 Å². The lowest BCUT2D eigenvalue weighted by Gasteiger charge is -1.92. The highest BCUT2D eigenvalue weighted by molar-refractivity contribution is 5.82. The van der Waals surface area contributed by atoms with Crippen molar-refractivity contribution in [2.45, 2.75) is 20.3 Å².